The molecule has 0 aliphatic carbocycles. The van der Waals surface area contributed by atoms with Gasteiger partial charge in [-0.15, -0.1) is 0 Å². The summed E-state index contributed by atoms with van der Waals surface area (Å²) in [4.78, 5) is 16.1. The van der Waals surface area contributed by atoms with Crippen molar-refractivity contribution in [2.75, 3.05) is 38.6 Å². The predicted molar refractivity (Wildman–Crippen MR) is 83.0 cm³/mol. The molecule has 1 atom stereocenters. The van der Waals surface area contributed by atoms with Gasteiger partial charge in [-0.25, -0.2) is 0 Å². The molecule has 20 heavy (non-hydrogen) atoms. The number of carbonyl (C=O) groups excluding carboxylic acids is 1. The number of para-hydroxylation sites is 1. The lowest BCUT2D eigenvalue weighted by Crippen LogP contribution is -2.47. The van der Waals surface area contributed by atoms with Gasteiger partial charge in [0.05, 0.1) is 0 Å². The van der Waals surface area contributed by atoms with E-state index in [9.17, 15) is 4.79 Å². The van der Waals surface area contributed by atoms with Crippen LogP contribution in [0.4, 0.5) is 5.69 Å². The van der Waals surface area contributed by atoms with Crippen LogP contribution in [0.15, 0.2) is 30.3 Å². The summed E-state index contributed by atoms with van der Waals surface area (Å²) >= 11 is 0. The first-order chi connectivity index (χ1) is 9.70. The Balaban J connectivity index is 1.88. The molecule has 0 aromatic heterocycles. The highest BCUT2D eigenvalue weighted by Gasteiger charge is 2.23. The highest BCUT2D eigenvalue weighted by atomic mass is 16.1. The van der Waals surface area contributed by atoms with Crippen molar-refractivity contribution in [3.05, 3.63) is 30.3 Å². The maximum absolute atomic E-state index is 11.3. The third-order valence-corrected chi connectivity index (χ3v) is 4.11. The summed E-state index contributed by atoms with van der Waals surface area (Å²) in [5, 5.41) is 2.68. The third kappa shape index (κ3) is 3.97. The normalized spacial score (nSPS) is 19.1. The molecule has 1 aromatic carbocycles. The summed E-state index contributed by atoms with van der Waals surface area (Å²) in [6.07, 6.45) is 3.01. The first-order valence-electron chi connectivity index (χ1n) is 7.41. The van der Waals surface area contributed by atoms with Crippen LogP contribution in [0.1, 0.15) is 19.3 Å². The van der Waals surface area contributed by atoms with Crippen molar-refractivity contribution < 1.29 is 4.79 Å². The number of rotatable bonds is 5. The largest absolute Gasteiger partial charge is 0.370 e. The minimum Gasteiger partial charge on any atom is -0.370 e. The van der Waals surface area contributed by atoms with Crippen molar-refractivity contribution in [2.24, 2.45) is 0 Å². The van der Waals surface area contributed by atoms with E-state index >= 15 is 0 Å². The highest BCUT2D eigenvalue weighted by molar-refractivity contribution is 5.75. The van der Waals surface area contributed by atoms with Gasteiger partial charge in [-0.3, -0.25) is 4.79 Å². The Morgan fingerprint density at radius 3 is 2.85 bits per heavy atom. The van der Waals surface area contributed by atoms with Gasteiger partial charge in [-0.1, -0.05) is 18.2 Å². The minimum absolute atomic E-state index is 0.118. The molecule has 0 radical (unpaired) electrons. The molecule has 1 amide bonds. The number of anilines is 1. The van der Waals surface area contributed by atoms with Crippen molar-refractivity contribution in [1.29, 1.82) is 0 Å². The molecule has 1 heterocycles. The van der Waals surface area contributed by atoms with Gasteiger partial charge in [0.1, 0.15) is 0 Å². The topological polar surface area (TPSA) is 35.6 Å². The molecule has 110 valence electrons. The van der Waals surface area contributed by atoms with Gasteiger partial charge < -0.3 is 15.1 Å². The van der Waals surface area contributed by atoms with Crippen LogP contribution in [-0.2, 0) is 4.79 Å². The maximum atomic E-state index is 11.3. The fourth-order valence-electron chi connectivity index (χ4n) is 2.77. The Bertz CT molecular complexity index is 421. The SMILES string of the molecule is CNC(=O)CCN(C)[C@@H]1CCCN(c2ccccc2)C1. The number of hydrogen-bond donors (Lipinski definition) is 1. The number of amides is 1. The number of hydrogen-bond acceptors (Lipinski definition) is 3. The lowest BCUT2D eigenvalue weighted by molar-refractivity contribution is -0.121. The quantitative estimate of drug-likeness (QED) is 0.889. The van der Waals surface area contributed by atoms with Crippen molar-refractivity contribution in [2.45, 2.75) is 25.3 Å². The Hall–Kier alpha value is -1.55. The number of likely N-dealkylation sites (N-methyl/N-ethyl adjacent to an activating group) is 1. The molecule has 1 aliphatic heterocycles. The van der Waals surface area contributed by atoms with Gasteiger partial charge in [0.15, 0.2) is 0 Å². The van der Waals surface area contributed by atoms with Crippen molar-refractivity contribution in [1.82, 2.24) is 10.2 Å². The second-order valence-corrected chi connectivity index (χ2v) is 5.48. The van der Waals surface area contributed by atoms with E-state index in [1.165, 1.54) is 18.5 Å². The van der Waals surface area contributed by atoms with Crippen LogP contribution >= 0.6 is 0 Å². The van der Waals surface area contributed by atoms with Crippen LogP contribution < -0.4 is 10.2 Å². The Morgan fingerprint density at radius 1 is 1.40 bits per heavy atom. The van der Waals surface area contributed by atoms with Crippen LogP contribution in [-0.4, -0.2) is 50.6 Å². The summed E-state index contributed by atoms with van der Waals surface area (Å²) in [5.74, 6) is 0.118. The van der Waals surface area contributed by atoms with Crippen LogP contribution in [0.5, 0.6) is 0 Å². The lowest BCUT2D eigenvalue weighted by Gasteiger charge is -2.38. The maximum Gasteiger partial charge on any atom is 0.221 e. The summed E-state index contributed by atoms with van der Waals surface area (Å²) in [5.41, 5.74) is 1.30. The summed E-state index contributed by atoms with van der Waals surface area (Å²) in [6.45, 7) is 3.00. The van der Waals surface area contributed by atoms with Gasteiger partial charge >= 0.3 is 0 Å². The average molecular weight is 275 g/mol. The van der Waals surface area contributed by atoms with E-state index in [2.05, 4.69) is 52.5 Å². The Kier molecular flexibility index (Phi) is 5.41. The first kappa shape index (κ1) is 14.9. The molecule has 1 aliphatic rings. The van der Waals surface area contributed by atoms with Gasteiger partial charge in [0, 0.05) is 44.8 Å². The molecule has 0 unspecified atom stereocenters. The third-order valence-electron chi connectivity index (χ3n) is 4.11. The predicted octanol–water partition coefficient (Wildman–Crippen LogP) is 1.72. The molecule has 1 aromatic rings. The van der Waals surface area contributed by atoms with Gasteiger partial charge in [-0.05, 0) is 32.0 Å². The average Bonchev–Trinajstić information content (AvgIpc) is 2.53. The van der Waals surface area contributed by atoms with E-state index in [1.54, 1.807) is 7.05 Å². The standard InChI is InChI=1S/C16H25N3O/c1-17-16(20)10-12-18(2)15-9-6-11-19(13-15)14-7-4-3-5-8-14/h3-5,7-8,15H,6,9-13H2,1-2H3,(H,17,20)/t15-/m1/s1. The molecular weight excluding hydrogens is 250 g/mol. The van der Waals surface area contributed by atoms with Gasteiger partial charge in [-0.2, -0.15) is 0 Å². The van der Waals surface area contributed by atoms with E-state index in [-0.39, 0.29) is 5.91 Å². The number of nitrogens with zero attached hydrogens (tertiary/aromatic N) is 2. The van der Waals surface area contributed by atoms with Gasteiger partial charge in [0.2, 0.25) is 5.91 Å². The molecule has 1 N–H and O–H groups in total. The first-order valence-corrected chi connectivity index (χ1v) is 7.41. The molecule has 1 saturated heterocycles. The molecule has 4 heteroatoms. The van der Waals surface area contributed by atoms with Gasteiger partial charge in [0.25, 0.3) is 0 Å². The van der Waals surface area contributed by atoms with Crippen molar-refractivity contribution in [3.63, 3.8) is 0 Å². The molecule has 2 rings (SSSR count). The summed E-state index contributed by atoms with van der Waals surface area (Å²) in [6, 6.07) is 11.1. The second kappa shape index (κ2) is 7.29. The monoisotopic (exact) mass is 275 g/mol. The summed E-state index contributed by atoms with van der Waals surface area (Å²) in [7, 11) is 3.82. The fraction of sp³-hybridized carbons (Fsp3) is 0.562. The fourth-order valence-corrected chi connectivity index (χ4v) is 2.77. The number of piperidine rings is 1. The lowest BCUT2D eigenvalue weighted by atomic mass is 10.0. The highest BCUT2D eigenvalue weighted by Crippen LogP contribution is 2.21. The van der Waals surface area contributed by atoms with E-state index in [4.69, 9.17) is 0 Å². The molecule has 1 fully saturated rings. The zero-order valence-corrected chi connectivity index (χ0v) is 12.5. The number of nitrogens with one attached hydrogen (secondary N) is 1. The Morgan fingerprint density at radius 2 is 2.15 bits per heavy atom. The van der Waals surface area contributed by atoms with E-state index in [1.807, 2.05) is 0 Å². The van der Waals surface area contributed by atoms with E-state index < -0.39 is 0 Å². The van der Waals surface area contributed by atoms with Crippen LogP contribution in [0.2, 0.25) is 0 Å². The zero-order valence-electron chi connectivity index (χ0n) is 12.5. The smallest absolute Gasteiger partial charge is 0.221 e. The molecule has 0 saturated carbocycles. The number of carbonyl (C=O) groups is 1. The van der Waals surface area contributed by atoms with E-state index in [0.717, 1.165) is 19.6 Å². The minimum atomic E-state index is 0.118. The van der Waals surface area contributed by atoms with Crippen LogP contribution in [0.25, 0.3) is 0 Å². The zero-order chi connectivity index (χ0) is 14.4. The molecular formula is C16H25N3O. The molecule has 4 nitrogen and oxygen atoms in total. The van der Waals surface area contributed by atoms with Crippen molar-refractivity contribution >= 4 is 11.6 Å². The molecule has 0 spiro atoms. The second-order valence-electron chi connectivity index (χ2n) is 5.48. The van der Waals surface area contributed by atoms with Crippen LogP contribution in [0, 0.1) is 0 Å². The Labute approximate surface area is 121 Å². The summed E-state index contributed by atoms with van der Waals surface area (Å²) < 4.78 is 0. The number of benzene rings is 1. The van der Waals surface area contributed by atoms with E-state index in [0.29, 0.717) is 12.5 Å². The molecule has 0 bridgehead atoms. The van der Waals surface area contributed by atoms with Crippen molar-refractivity contribution in [3.8, 4) is 0 Å². The van der Waals surface area contributed by atoms with Crippen LogP contribution in [0.3, 0.4) is 0 Å².